The maximum absolute atomic E-state index is 11.9. The maximum Gasteiger partial charge on any atom is 0.339 e. The van der Waals surface area contributed by atoms with E-state index < -0.39 is 15.0 Å². The lowest BCUT2D eigenvalue weighted by atomic mass is 10.2. The highest BCUT2D eigenvalue weighted by Crippen LogP contribution is 2.31. The van der Waals surface area contributed by atoms with E-state index in [1.165, 1.54) is 6.07 Å². The van der Waals surface area contributed by atoms with Crippen LogP contribution in [0.15, 0.2) is 21.5 Å². The van der Waals surface area contributed by atoms with Crippen molar-refractivity contribution >= 4 is 53.2 Å². The number of halogens is 3. The number of hydrogen-bond acceptors (Lipinski definition) is 4. The zero-order valence-electron chi connectivity index (χ0n) is 10.7. The third-order valence-electron chi connectivity index (χ3n) is 2.49. The molecule has 0 spiro atoms. The molecule has 4 nitrogen and oxygen atoms in total. The fraction of sp³-hybridized carbons (Fsp3) is 0.417. The Hall–Kier alpha value is -0.300. The number of rotatable bonds is 6. The van der Waals surface area contributed by atoms with E-state index in [4.69, 9.17) is 27.0 Å². The number of carbonyl (C=O) groups is 1. The van der Waals surface area contributed by atoms with Crippen molar-refractivity contribution in [2.24, 2.45) is 0 Å². The van der Waals surface area contributed by atoms with Gasteiger partial charge in [-0.05, 0) is 34.5 Å². The van der Waals surface area contributed by atoms with Crippen molar-refractivity contribution in [2.45, 2.75) is 31.1 Å². The molecule has 1 rings (SSSR count). The van der Waals surface area contributed by atoms with Crippen molar-refractivity contribution in [3.8, 4) is 0 Å². The van der Waals surface area contributed by atoms with Gasteiger partial charge in [0, 0.05) is 15.2 Å². The predicted octanol–water partition coefficient (Wildman–Crippen LogP) is 4.38. The van der Waals surface area contributed by atoms with Gasteiger partial charge in [-0.3, -0.25) is 0 Å². The lowest BCUT2D eigenvalue weighted by Gasteiger charge is -2.08. The molecule has 1 aromatic carbocycles. The molecular weight excluding hydrogens is 391 g/mol. The van der Waals surface area contributed by atoms with Crippen molar-refractivity contribution in [3.63, 3.8) is 0 Å². The molecule has 0 aliphatic carbocycles. The first-order chi connectivity index (χ1) is 9.27. The SMILES string of the molecule is CCCCCOC(=O)c1cc(S(=O)(=O)Cl)c(Br)cc1Cl. The summed E-state index contributed by atoms with van der Waals surface area (Å²) in [6.45, 7) is 2.30. The molecular formula is C12H13BrCl2O4S. The molecule has 0 N–H and O–H groups in total. The minimum atomic E-state index is -3.98. The van der Waals surface area contributed by atoms with Crippen LogP contribution in [0, 0.1) is 0 Å². The Morgan fingerprint density at radius 2 is 2.00 bits per heavy atom. The second-order valence-corrected chi connectivity index (χ2v) is 7.84. The average Bonchev–Trinajstić information content (AvgIpc) is 2.32. The molecule has 0 aromatic heterocycles. The molecule has 0 bridgehead atoms. The van der Waals surface area contributed by atoms with Gasteiger partial charge in [-0.1, -0.05) is 31.4 Å². The van der Waals surface area contributed by atoms with Gasteiger partial charge in [0.25, 0.3) is 9.05 Å². The van der Waals surface area contributed by atoms with Crippen LogP contribution in [0.25, 0.3) is 0 Å². The van der Waals surface area contributed by atoms with E-state index >= 15 is 0 Å². The number of hydrogen-bond donors (Lipinski definition) is 0. The average molecular weight is 404 g/mol. The first kappa shape index (κ1) is 17.8. The van der Waals surface area contributed by atoms with Crippen LogP contribution in [0.2, 0.25) is 5.02 Å². The van der Waals surface area contributed by atoms with Gasteiger partial charge in [0.05, 0.1) is 22.1 Å². The van der Waals surface area contributed by atoms with E-state index in [2.05, 4.69) is 15.9 Å². The van der Waals surface area contributed by atoms with Gasteiger partial charge in [-0.25, -0.2) is 13.2 Å². The lowest BCUT2D eigenvalue weighted by molar-refractivity contribution is 0.0498. The molecule has 1 aromatic rings. The van der Waals surface area contributed by atoms with Crippen molar-refractivity contribution in [2.75, 3.05) is 6.61 Å². The summed E-state index contributed by atoms with van der Waals surface area (Å²) in [6, 6.07) is 2.41. The zero-order chi connectivity index (χ0) is 15.3. The van der Waals surface area contributed by atoms with Gasteiger partial charge in [0.2, 0.25) is 0 Å². The number of esters is 1. The van der Waals surface area contributed by atoms with Crippen LogP contribution >= 0.6 is 38.2 Å². The summed E-state index contributed by atoms with van der Waals surface area (Å²) in [7, 11) is 1.31. The van der Waals surface area contributed by atoms with Crippen LogP contribution in [-0.4, -0.2) is 21.0 Å². The molecule has 0 fully saturated rings. The van der Waals surface area contributed by atoms with Crippen LogP contribution in [0.3, 0.4) is 0 Å². The summed E-state index contributed by atoms with van der Waals surface area (Å²) in [5.41, 5.74) is -0.0226. The van der Waals surface area contributed by atoms with E-state index in [1.807, 2.05) is 6.92 Å². The smallest absolute Gasteiger partial charge is 0.339 e. The Morgan fingerprint density at radius 3 is 2.55 bits per heavy atom. The zero-order valence-corrected chi connectivity index (χ0v) is 14.6. The van der Waals surface area contributed by atoms with Gasteiger partial charge in [0.1, 0.15) is 0 Å². The largest absolute Gasteiger partial charge is 0.462 e. The Bertz CT molecular complexity index is 602. The third-order valence-corrected chi connectivity index (χ3v) is 5.08. The lowest BCUT2D eigenvalue weighted by Crippen LogP contribution is -2.08. The van der Waals surface area contributed by atoms with Crippen molar-refractivity contribution in [1.29, 1.82) is 0 Å². The molecule has 8 heteroatoms. The summed E-state index contributed by atoms with van der Waals surface area (Å²) < 4.78 is 28.0. The highest BCUT2D eigenvalue weighted by molar-refractivity contribution is 9.10. The summed E-state index contributed by atoms with van der Waals surface area (Å²) in [5.74, 6) is -0.667. The number of benzene rings is 1. The van der Waals surface area contributed by atoms with Gasteiger partial charge in [-0.2, -0.15) is 0 Å². The van der Waals surface area contributed by atoms with E-state index in [-0.39, 0.29) is 26.6 Å². The molecule has 0 saturated heterocycles. The van der Waals surface area contributed by atoms with Gasteiger partial charge < -0.3 is 4.74 Å². The summed E-state index contributed by atoms with van der Waals surface area (Å²) in [6.07, 6.45) is 2.70. The molecule has 112 valence electrons. The normalized spacial score (nSPS) is 11.4. The summed E-state index contributed by atoms with van der Waals surface area (Å²) in [5, 5.41) is 0.0985. The van der Waals surface area contributed by atoms with Crippen molar-refractivity contribution in [1.82, 2.24) is 0 Å². The highest BCUT2D eigenvalue weighted by Gasteiger charge is 2.21. The molecule has 0 aliphatic heterocycles. The molecule has 0 aliphatic rings. The molecule has 0 radical (unpaired) electrons. The second kappa shape index (κ2) is 7.64. The van der Waals surface area contributed by atoms with Crippen molar-refractivity contribution in [3.05, 3.63) is 27.2 Å². The molecule has 0 unspecified atom stereocenters. The van der Waals surface area contributed by atoms with Crippen LogP contribution in [-0.2, 0) is 13.8 Å². The fourth-order valence-corrected chi connectivity index (χ4v) is 4.04. The molecule has 0 amide bonds. The van der Waals surface area contributed by atoms with E-state index in [1.54, 1.807) is 0 Å². The van der Waals surface area contributed by atoms with E-state index in [0.717, 1.165) is 25.3 Å². The first-order valence-corrected chi connectivity index (χ1v) is 9.36. The highest BCUT2D eigenvalue weighted by atomic mass is 79.9. The van der Waals surface area contributed by atoms with Crippen molar-refractivity contribution < 1.29 is 17.9 Å². The minimum absolute atomic E-state index is 0.0226. The number of ether oxygens (including phenoxy) is 1. The second-order valence-electron chi connectivity index (χ2n) is 4.04. The van der Waals surface area contributed by atoms with Crippen LogP contribution < -0.4 is 0 Å². The van der Waals surface area contributed by atoms with Gasteiger partial charge >= 0.3 is 5.97 Å². The van der Waals surface area contributed by atoms with E-state index in [9.17, 15) is 13.2 Å². The van der Waals surface area contributed by atoms with Gasteiger partial charge in [-0.15, -0.1) is 0 Å². The molecule has 20 heavy (non-hydrogen) atoms. The Kier molecular flexibility index (Phi) is 6.78. The number of unbranched alkanes of at least 4 members (excludes halogenated alkanes) is 2. The maximum atomic E-state index is 11.9. The topological polar surface area (TPSA) is 60.4 Å². The number of carbonyl (C=O) groups excluding carboxylic acids is 1. The molecule has 0 saturated carbocycles. The Morgan fingerprint density at radius 1 is 1.35 bits per heavy atom. The standard InChI is InChI=1S/C12H13BrCl2O4S/c1-2-3-4-5-19-12(16)8-6-11(20(15,17)18)9(13)7-10(8)14/h6-7H,2-5H2,1H3. The first-order valence-electron chi connectivity index (χ1n) is 5.88. The van der Waals surface area contributed by atoms with Crippen LogP contribution in [0.4, 0.5) is 0 Å². The Balaban J connectivity index is 2.98. The van der Waals surface area contributed by atoms with Gasteiger partial charge in [0.15, 0.2) is 0 Å². The quantitative estimate of drug-likeness (QED) is 0.401. The third kappa shape index (κ3) is 4.91. The van der Waals surface area contributed by atoms with Crippen LogP contribution in [0.1, 0.15) is 36.5 Å². The molecule has 0 atom stereocenters. The Labute approximate surface area is 135 Å². The van der Waals surface area contributed by atoms with E-state index in [0.29, 0.717) is 0 Å². The molecule has 0 heterocycles. The monoisotopic (exact) mass is 402 g/mol. The van der Waals surface area contributed by atoms with Crippen LogP contribution in [0.5, 0.6) is 0 Å². The predicted molar refractivity (Wildman–Crippen MR) is 82.0 cm³/mol. The summed E-state index contributed by atoms with van der Waals surface area (Å²) >= 11 is 8.96. The minimum Gasteiger partial charge on any atom is -0.462 e. The summed E-state index contributed by atoms with van der Waals surface area (Å²) in [4.78, 5) is 11.6. The fourth-order valence-electron chi connectivity index (χ4n) is 1.47.